The van der Waals surface area contributed by atoms with Gasteiger partial charge < -0.3 is 15.8 Å². The molecule has 11 heteroatoms. The fraction of sp³-hybridized carbons (Fsp3) is 0.438. The molecule has 0 saturated carbocycles. The Hall–Kier alpha value is -2.98. The zero-order valence-corrected chi connectivity index (χ0v) is 14.7. The van der Waals surface area contributed by atoms with Gasteiger partial charge in [-0.25, -0.2) is 4.79 Å². The molecule has 0 heterocycles. The van der Waals surface area contributed by atoms with Gasteiger partial charge in [-0.15, -0.1) is 0 Å². The Morgan fingerprint density at radius 3 is 2.44 bits per heavy atom. The molecule has 0 radical (unpaired) electrons. The second kappa shape index (κ2) is 9.64. The normalized spacial score (nSPS) is 13.2. The van der Waals surface area contributed by atoms with E-state index in [0.29, 0.717) is 6.42 Å². The molecule has 2 atom stereocenters. The molecule has 4 amide bonds. The maximum atomic E-state index is 12.6. The van der Waals surface area contributed by atoms with Crippen LogP contribution in [0, 0.1) is 5.92 Å². The fourth-order valence-corrected chi connectivity index (χ4v) is 2.01. The van der Waals surface area contributed by atoms with Crippen molar-refractivity contribution in [2.24, 2.45) is 11.7 Å². The van der Waals surface area contributed by atoms with Crippen molar-refractivity contribution < 1.29 is 32.3 Å². The van der Waals surface area contributed by atoms with Crippen LogP contribution in [0.15, 0.2) is 24.3 Å². The average Bonchev–Trinajstić information content (AvgIpc) is 2.61. The number of primary amides is 1. The third-order valence-corrected chi connectivity index (χ3v) is 3.65. The average molecular weight is 390 g/mol. The van der Waals surface area contributed by atoms with Crippen LogP contribution in [-0.4, -0.2) is 30.5 Å². The molecule has 0 saturated heterocycles. The van der Waals surface area contributed by atoms with E-state index in [4.69, 9.17) is 10.5 Å². The van der Waals surface area contributed by atoms with E-state index in [1.165, 1.54) is 6.07 Å². The van der Waals surface area contributed by atoms with Crippen molar-refractivity contribution in [3.63, 3.8) is 0 Å². The highest BCUT2D eigenvalue weighted by Crippen LogP contribution is 2.31. The van der Waals surface area contributed by atoms with Crippen molar-refractivity contribution in [1.82, 2.24) is 16.2 Å². The van der Waals surface area contributed by atoms with Crippen LogP contribution in [0.5, 0.6) is 5.75 Å². The van der Waals surface area contributed by atoms with Gasteiger partial charge in [-0.1, -0.05) is 26.3 Å². The van der Waals surface area contributed by atoms with Crippen LogP contribution in [-0.2, 0) is 15.8 Å². The summed E-state index contributed by atoms with van der Waals surface area (Å²) in [4.78, 5) is 34.7. The molecule has 0 aromatic heterocycles. The number of carbonyl (C=O) groups excluding carboxylic acids is 3. The van der Waals surface area contributed by atoms with Crippen molar-refractivity contribution in [1.29, 1.82) is 0 Å². The smallest absolute Gasteiger partial charge is 0.416 e. The number of amides is 4. The van der Waals surface area contributed by atoms with Gasteiger partial charge in [0.1, 0.15) is 11.8 Å². The summed E-state index contributed by atoms with van der Waals surface area (Å²) in [7, 11) is 0. The third kappa shape index (κ3) is 7.42. The highest BCUT2D eigenvalue weighted by Gasteiger charge is 2.30. The van der Waals surface area contributed by atoms with Crippen LogP contribution in [0.25, 0.3) is 0 Å². The zero-order valence-electron chi connectivity index (χ0n) is 14.7. The first-order valence-corrected chi connectivity index (χ1v) is 7.99. The van der Waals surface area contributed by atoms with Gasteiger partial charge in [0, 0.05) is 0 Å². The predicted molar refractivity (Wildman–Crippen MR) is 89.2 cm³/mol. The number of carbonyl (C=O) groups is 3. The second-order valence-corrected chi connectivity index (χ2v) is 5.72. The Bertz CT molecular complexity index is 682. The van der Waals surface area contributed by atoms with Gasteiger partial charge in [0.2, 0.25) is 0 Å². The molecule has 0 bridgehead atoms. The number of rotatable bonds is 7. The number of urea groups is 1. The van der Waals surface area contributed by atoms with E-state index in [2.05, 4.69) is 16.2 Å². The molecule has 0 unspecified atom stereocenters. The lowest BCUT2D eigenvalue weighted by atomic mass is 9.99. The van der Waals surface area contributed by atoms with Gasteiger partial charge in [-0.3, -0.25) is 20.4 Å². The lowest BCUT2D eigenvalue weighted by Crippen LogP contribution is -2.56. The van der Waals surface area contributed by atoms with E-state index < -0.39 is 42.2 Å². The number of ether oxygens (including phenoxy) is 1. The molecule has 1 aromatic rings. The molecule has 1 rings (SSSR count). The topological polar surface area (TPSA) is 123 Å². The molecule has 8 nitrogen and oxygen atoms in total. The number of halogens is 3. The van der Waals surface area contributed by atoms with E-state index in [0.717, 1.165) is 18.2 Å². The molecule has 5 N–H and O–H groups in total. The van der Waals surface area contributed by atoms with Crippen LogP contribution in [0.3, 0.4) is 0 Å². The number of benzene rings is 1. The van der Waals surface area contributed by atoms with E-state index >= 15 is 0 Å². The molecule has 0 spiro atoms. The summed E-state index contributed by atoms with van der Waals surface area (Å²) in [5.74, 6) is -1.91. The van der Waals surface area contributed by atoms with Gasteiger partial charge in [0.25, 0.3) is 11.8 Å². The molecule has 0 fully saturated rings. The highest BCUT2D eigenvalue weighted by molar-refractivity contribution is 5.88. The molecule has 27 heavy (non-hydrogen) atoms. The number of hydrogen-bond acceptors (Lipinski definition) is 4. The van der Waals surface area contributed by atoms with E-state index in [1.54, 1.807) is 13.8 Å². The minimum atomic E-state index is -4.53. The standard InChI is InChI=1S/C16H21F3N4O4/c1-3-9(2)13(21-15(20)26)14(25)23-22-12(24)8-27-11-6-4-5-10(7-11)16(17,18)19/h4-7,9,13H,3,8H2,1-2H3,(H,22,24)(H,23,25)(H3,20,21,26)/t9-,13-/m1/s1. The molecular weight excluding hydrogens is 369 g/mol. The summed E-state index contributed by atoms with van der Waals surface area (Å²) in [5.41, 5.74) is 8.26. The number of alkyl halides is 3. The predicted octanol–water partition coefficient (Wildman–Crippen LogP) is 1.31. The summed E-state index contributed by atoms with van der Waals surface area (Å²) in [5, 5.41) is 2.27. The minimum absolute atomic E-state index is 0.154. The molecule has 0 aliphatic carbocycles. The Labute approximate surface area is 153 Å². The van der Waals surface area contributed by atoms with Crippen LogP contribution >= 0.6 is 0 Å². The molecule has 0 aliphatic heterocycles. The summed E-state index contributed by atoms with van der Waals surface area (Å²) in [6, 6.07) is 2.17. The minimum Gasteiger partial charge on any atom is -0.484 e. The van der Waals surface area contributed by atoms with Crippen LogP contribution in [0.2, 0.25) is 0 Å². The molecular formula is C16H21F3N4O4. The Kier molecular flexibility index (Phi) is 7.88. The quantitative estimate of drug-likeness (QED) is 0.524. The van der Waals surface area contributed by atoms with Crippen molar-refractivity contribution in [3.8, 4) is 5.75 Å². The SMILES string of the molecule is CC[C@@H](C)[C@@H](NC(N)=O)C(=O)NNC(=O)COc1cccc(C(F)(F)F)c1. The first-order valence-electron chi connectivity index (χ1n) is 7.99. The number of nitrogens with one attached hydrogen (secondary N) is 3. The summed E-state index contributed by atoms with van der Waals surface area (Å²) in [6.07, 6.45) is -3.97. The molecule has 150 valence electrons. The van der Waals surface area contributed by atoms with E-state index in [-0.39, 0.29) is 11.7 Å². The summed E-state index contributed by atoms with van der Waals surface area (Å²) < 4.78 is 42.8. The largest absolute Gasteiger partial charge is 0.484 e. The Balaban J connectivity index is 2.55. The monoisotopic (exact) mass is 390 g/mol. The lowest BCUT2D eigenvalue weighted by Gasteiger charge is -2.22. The van der Waals surface area contributed by atoms with Crippen LogP contribution < -0.4 is 26.6 Å². The summed E-state index contributed by atoms with van der Waals surface area (Å²) in [6.45, 7) is 2.88. The fourth-order valence-electron chi connectivity index (χ4n) is 2.01. The Morgan fingerprint density at radius 1 is 1.22 bits per heavy atom. The third-order valence-electron chi connectivity index (χ3n) is 3.65. The number of hydrogen-bond donors (Lipinski definition) is 4. The first kappa shape index (κ1) is 22.1. The van der Waals surface area contributed by atoms with Gasteiger partial charge in [0.15, 0.2) is 6.61 Å². The number of nitrogens with two attached hydrogens (primary N) is 1. The van der Waals surface area contributed by atoms with Crippen molar-refractivity contribution in [2.45, 2.75) is 32.5 Å². The van der Waals surface area contributed by atoms with Crippen LogP contribution in [0.1, 0.15) is 25.8 Å². The second-order valence-electron chi connectivity index (χ2n) is 5.72. The zero-order chi connectivity index (χ0) is 20.6. The van der Waals surface area contributed by atoms with Crippen molar-refractivity contribution >= 4 is 17.8 Å². The molecule has 1 aromatic carbocycles. The maximum absolute atomic E-state index is 12.6. The maximum Gasteiger partial charge on any atom is 0.416 e. The van der Waals surface area contributed by atoms with Crippen molar-refractivity contribution in [3.05, 3.63) is 29.8 Å². The Morgan fingerprint density at radius 2 is 1.89 bits per heavy atom. The number of hydrazine groups is 1. The van der Waals surface area contributed by atoms with Gasteiger partial charge in [-0.2, -0.15) is 13.2 Å². The first-order chi connectivity index (χ1) is 12.5. The van der Waals surface area contributed by atoms with E-state index in [1.807, 2.05) is 0 Å². The van der Waals surface area contributed by atoms with Gasteiger partial charge in [0.05, 0.1) is 5.56 Å². The van der Waals surface area contributed by atoms with Gasteiger partial charge >= 0.3 is 12.2 Å². The van der Waals surface area contributed by atoms with Gasteiger partial charge in [-0.05, 0) is 24.1 Å². The lowest BCUT2D eigenvalue weighted by molar-refractivity contribution is -0.137. The van der Waals surface area contributed by atoms with Crippen LogP contribution in [0.4, 0.5) is 18.0 Å². The molecule has 0 aliphatic rings. The van der Waals surface area contributed by atoms with Crippen molar-refractivity contribution in [2.75, 3.05) is 6.61 Å². The highest BCUT2D eigenvalue weighted by atomic mass is 19.4. The van der Waals surface area contributed by atoms with E-state index in [9.17, 15) is 27.6 Å². The summed E-state index contributed by atoms with van der Waals surface area (Å²) >= 11 is 0.